The first kappa shape index (κ1) is 9.65. The maximum absolute atomic E-state index is 12.6. The zero-order chi connectivity index (χ0) is 10.3. The third-order valence-electron chi connectivity index (χ3n) is 2.58. The monoisotopic (exact) mass is 214 g/mol. The van der Waals surface area contributed by atoms with E-state index in [1.165, 1.54) is 18.4 Å². The molecule has 1 fully saturated rings. The molecule has 2 rings (SSSR count). The highest BCUT2D eigenvalue weighted by molar-refractivity contribution is 7.91. The topological polar surface area (TPSA) is 34.1 Å². The lowest BCUT2D eigenvalue weighted by molar-refractivity contribution is 0.600. The summed E-state index contributed by atoms with van der Waals surface area (Å²) in [7, 11) is -2.93. The molecule has 1 aliphatic rings. The van der Waals surface area contributed by atoms with E-state index in [9.17, 15) is 12.8 Å². The van der Waals surface area contributed by atoms with E-state index in [0.717, 1.165) is 5.56 Å². The van der Waals surface area contributed by atoms with E-state index in [4.69, 9.17) is 0 Å². The van der Waals surface area contributed by atoms with Crippen molar-refractivity contribution in [2.75, 3.05) is 6.26 Å². The fraction of sp³-hybridized carbons (Fsp3) is 0.400. The third-order valence-corrected chi connectivity index (χ3v) is 4.20. The smallest absolute Gasteiger partial charge is 0.150 e. The Bertz CT molecular complexity index is 436. The molecule has 0 N–H and O–H groups in total. The minimum atomic E-state index is -2.93. The molecular formula is C10H11FO2S. The van der Waals surface area contributed by atoms with E-state index in [2.05, 4.69) is 0 Å². The van der Waals surface area contributed by atoms with Crippen molar-refractivity contribution >= 4 is 9.84 Å². The quantitative estimate of drug-likeness (QED) is 0.751. The van der Waals surface area contributed by atoms with Gasteiger partial charge in [-0.15, -0.1) is 0 Å². The molecule has 0 unspecified atom stereocenters. The van der Waals surface area contributed by atoms with Gasteiger partial charge in [0.2, 0.25) is 0 Å². The van der Waals surface area contributed by atoms with Crippen molar-refractivity contribution in [3.63, 3.8) is 0 Å². The van der Waals surface area contributed by atoms with Crippen molar-refractivity contribution in [2.24, 2.45) is 0 Å². The first-order valence-corrected chi connectivity index (χ1v) is 6.38. The van der Waals surface area contributed by atoms with Crippen LogP contribution in [0, 0.1) is 5.82 Å². The van der Waals surface area contributed by atoms with E-state index in [1.807, 2.05) is 0 Å². The van der Waals surface area contributed by atoms with Crippen LogP contribution < -0.4 is 0 Å². The van der Waals surface area contributed by atoms with Crippen molar-refractivity contribution in [3.8, 4) is 0 Å². The van der Waals surface area contributed by atoms with Gasteiger partial charge in [-0.2, -0.15) is 0 Å². The Hall–Kier alpha value is -0.900. The van der Waals surface area contributed by atoms with Crippen molar-refractivity contribution in [2.45, 2.75) is 17.6 Å². The minimum absolute atomic E-state index is 0.0746. The van der Waals surface area contributed by atoms with Crippen LogP contribution in [-0.4, -0.2) is 19.9 Å². The van der Waals surface area contributed by atoms with Crippen LogP contribution in [0.3, 0.4) is 0 Å². The highest BCUT2D eigenvalue weighted by Gasteiger charge is 2.45. The lowest BCUT2D eigenvalue weighted by atomic mass is 10.1. The van der Waals surface area contributed by atoms with Gasteiger partial charge < -0.3 is 0 Å². The predicted octanol–water partition coefficient (Wildman–Crippen LogP) is 1.73. The standard InChI is InChI=1S/C10H11FO2S/c1-14(12,13)10-6-9(10)7-2-4-8(11)5-3-7/h2-5,9-10H,6H2,1H3/t9-,10+/m0/s1. The Morgan fingerprint density at radius 3 is 2.29 bits per heavy atom. The molecule has 0 amide bonds. The Kier molecular flexibility index (Phi) is 2.10. The van der Waals surface area contributed by atoms with Crippen LogP contribution >= 0.6 is 0 Å². The predicted molar refractivity (Wildman–Crippen MR) is 52.4 cm³/mol. The first-order chi connectivity index (χ1) is 6.48. The van der Waals surface area contributed by atoms with E-state index in [-0.39, 0.29) is 17.0 Å². The van der Waals surface area contributed by atoms with Gasteiger partial charge in [-0.3, -0.25) is 0 Å². The van der Waals surface area contributed by atoms with E-state index >= 15 is 0 Å². The molecule has 1 aromatic carbocycles. The summed E-state index contributed by atoms with van der Waals surface area (Å²) in [5.41, 5.74) is 0.918. The molecule has 2 nitrogen and oxygen atoms in total. The van der Waals surface area contributed by atoms with Gasteiger partial charge in [-0.05, 0) is 24.1 Å². The van der Waals surface area contributed by atoms with Gasteiger partial charge in [-0.25, -0.2) is 12.8 Å². The molecule has 0 bridgehead atoms. The van der Waals surface area contributed by atoms with Crippen molar-refractivity contribution in [1.82, 2.24) is 0 Å². The molecule has 14 heavy (non-hydrogen) atoms. The summed E-state index contributed by atoms with van der Waals surface area (Å²) in [6.07, 6.45) is 1.92. The summed E-state index contributed by atoms with van der Waals surface area (Å²) in [6.45, 7) is 0. The summed E-state index contributed by atoms with van der Waals surface area (Å²) in [5.74, 6) is -0.212. The molecule has 0 radical (unpaired) electrons. The number of halogens is 1. The second-order valence-corrected chi connectivity index (χ2v) is 6.03. The molecule has 4 heteroatoms. The normalized spacial score (nSPS) is 26.1. The summed E-state index contributed by atoms with van der Waals surface area (Å²) in [4.78, 5) is 0. The SMILES string of the molecule is CS(=O)(=O)[C@@H]1C[C@H]1c1ccc(F)cc1. The zero-order valence-electron chi connectivity index (χ0n) is 7.77. The van der Waals surface area contributed by atoms with Crippen LogP contribution in [0.2, 0.25) is 0 Å². The Labute approximate surface area is 82.7 Å². The molecule has 1 saturated carbocycles. The molecule has 0 aliphatic heterocycles. The maximum Gasteiger partial charge on any atom is 0.150 e. The van der Waals surface area contributed by atoms with Gasteiger partial charge in [0.15, 0.2) is 9.84 Å². The lowest BCUT2D eigenvalue weighted by Gasteiger charge is -1.98. The van der Waals surface area contributed by atoms with Crippen molar-refractivity contribution < 1.29 is 12.8 Å². The number of rotatable bonds is 2. The Morgan fingerprint density at radius 2 is 1.86 bits per heavy atom. The molecular weight excluding hydrogens is 203 g/mol. The number of hydrogen-bond acceptors (Lipinski definition) is 2. The van der Waals surface area contributed by atoms with E-state index < -0.39 is 9.84 Å². The average Bonchev–Trinajstić information content (AvgIpc) is 2.83. The van der Waals surface area contributed by atoms with Crippen LogP contribution in [-0.2, 0) is 9.84 Å². The summed E-state index contributed by atoms with van der Waals surface area (Å²) >= 11 is 0. The van der Waals surface area contributed by atoms with Gasteiger partial charge in [0.25, 0.3) is 0 Å². The molecule has 1 aliphatic carbocycles. The van der Waals surface area contributed by atoms with E-state index in [1.54, 1.807) is 12.1 Å². The second-order valence-electron chi connectivity index (χ2n) is 3.76. The van der Waals surface area contributed by atoms with Gasteiger partial charge in [0, 0.05) is 12.2 Å². The highest BCUT2D eigenvalue weighted by Crippen LogP contribution is 2.45. The maximum atomic E-state index is 12.6. The summed E-state index contributed by atoms with van der Waals surface area (Å²) in [6, 6.07) is 6.05. The largest absolute Gasteiger partial charge is 0.229 e. The number of benzene rings is 1. The summed E-state index contributed by atoms with van der Waals surface area (Å²) < 4.78 is 34.9. The minimum Gasteiger partial charge on any atom is -0.229 e. The molecule has 1 aromatic rings. The fourth-order valence-corrected chi connectivity index (χ4v) is 3.02. The van der Waals surface area contributed by atoms with Crippen LogP contribution in [0.5, 0.6) is 0 Å². The van der Waals surface area contributed by atoms with Crippen LogP contribution in [0.1, 0.15) is 17.9 Å². The van der Waals surface area contributed by atoms with Gasteiger partial charge >= 0.3 is 0 Å². The first-order valence-electron chi connectivity index (χ1n) is 4.43. The average molecular weight is 214 g/mol. The lowest BCUT2D eigenvalue weighted by Crippen LogP contribution is -2.05. The Morgan fingerprint density at radius 1 is 1.29 bits per heavy atom. The highest BCUT2D eigenvalue weighted by atomic mass is 32.2. The Balaban J connectivity index is 2.18. The van der Waals surface area contributed by atoms with Crippen LogP contribution in [0.4, 0.5) is 4.39 Å². The second kappa shape index (κ2) is 3.05. The zero-order valence-corrected chi connectivity index (χ0v) is 8.59. The molecule has 0 saturated heterocycles. The number of sulfone groups is 1. The summed E-state index contributed by atoms with van der Waals surface area (Å²) in [5, 5.41) is -0.257. The van der Waals surface area contributed by atoms with Crippen LogP contribution in [0.25, 0.3) is 0 Å². The molecule has 0 heterocycles. The third kappa shape index (κ3) is 1.80. The van der Waals surface area contributed by atoms with Gasteiger partial charge in [0.1, 0.15) is 5.82 Å². The number of hydrogen-bond donors (Lipinski definition) is 0. The van der Waals surface area contributed by atoms with E-state index in [0.29, 0.717) is 6.42 Å². The van der Waals surface area contributed by atoms with Crippen molar-refractivity contribution in [3.05, 3.63) is 35.6 Å². The van der Waals surface area contributed by atoms with Gasteiger partial charge in [-0.1, -0.05) is 12.1 Å². The van der Waals surface area contributed by atoms with Gasteiger partial charge in [0.05, 0.1) is 5.25 Å². The molecule has 2 atom stereocenters. The molecule has 76 valence electrons. The van der Waals surface area contributed by atoms with Crippen molar-refractivity contribution in [1.29, 1.82) is 0 Å². The molecule has 0 aromatic heterocycles. The fourth-order valence-electron chi connectivity index (χ4n) is 1.71. The molecule has 0 spiro atoms. The van der Waals surface area contributed by atoms with Crippen LogP contribution in [0.15, 0.2) is 24.3 Å².